The number of ether oxygens (including phenoxy) is 1. The molecule has 3 N–H and O–H groups in total. The molecule has 0 unspecified atom stereocenters. The molecule has 0 aromatic heterocycles. The monoisotopic (exact) mass is 534 g/mol. The molecule has 40 heavy (non-hydrogen) atoms. The van der Waals surface area contributed by atoms with E-state index in [-0.39, 0.29) is 11.3 Å². The average molecular weight is 535 g/mol. The van der Waals surface area contributed by atoms with Crippen LogP contribution < -0.4 is 20.8 Å². The van der Waals surface area contributed by atoms with Gasteiger partial charge < -0.3 is 15.4 Å². The van der Waals surface area contributed by atoms with Gasteiger partial charge in [-0.15, -0.1) is 0 Å². The third-order valence-electron chi connectivity index (χ3n) is 5.66. The van der Waals surface area contributed by atoms with E-state index < -0.39 is 23.7 Å². The van der Waals surface area contributed by atoms with E-state index in [9.17, 15) is 19.2 Å². The Balaban J connectivity index is 1.30. The van der Waals surface area contributed by atoms with Gasteiger partial charge >= 0.3 is 17.8 Å². The number of carbonyl (C=O) groups excluding carboxylic acids is 4. The molecule has 0 fully saturated rings. The zero-order valence-electron chi connectivity index (χ0n) is 21.8. The van der Waals surface area contributed by atoms with E-state index in [1.165, 1.54) is 12.3 Å². The second-order valence-electron chi connectivity index (χ2n) is 8.85. The van der Waals surface area contributed by atoms with Crippen LogP contribution in [0.2, 0.25) is 0 Å². The lowest BCUT2D eigenvalue weighted by atomic mass is 10.1. The van der Waals surface area contributed by atoms with Crippen LogP contribution in [-0.4, -0.2) is 29.9 Å². The maximum absolute atomic E-state index is 12.8. The second kappa shape index (κ2) is 12.8. The molecule has 0 aliphatic carbocycles. The Morgan fingerprint density at radius 2 is 1.45 bits per heavy atom. The van der Waals surface area contributed by atoms with Crippen LogP contribution in [0.5, 0.6) is 5.75 Å². The molecule has 0 atom stereocenters. The van der Waals surface area contributed by atoms with Crippen LogP contribution >= 0.6 is 0 Å². The van der Waals surface area contributed by atoms with E-state index in [2.05, 4.69) is 21.2 Å². The molecule has 0 radical (unpaired) electrons. The number of esters is 1. The Bertz CT molecular complexity index is 1580. The van der Waals surface area contributed by atoms with Crippen LogP contribution in [0.3, 0.4) is 0 Å². The predicted octanol–water partition coefficient (Wildman–Crippen LogP) is 4.86. The molecule has 0 bridgehead atoms. The number of amides is 3. The molecule has 4 aromatic carbocycles. The van der Waals surface area contributed by atoms with Crippen LogP contribution in [-0.2, 0) is 9.59 Å². The van der Waals surface area contributed by atoms with Gasteiger partial charge in [0.15, 0.2) is 0 Å². The molecule has 9 heteroatoms. The summed E-state index contributed by atoms with van der Waals surface area (Å²) in [4.78, 5) is 49.8. The summed E-state index contributed by atoms with van der Waals surface area (Å²) in [7, 11) is 0. The maximum atomic E-state index is 12.8. The summed E-state index contributed by atoms with van der Waals surface area (Å²) >= 11 is 0. The van der Waals surface area contributed by atoms with E-state index in [1.807, 2.05) is 44.2 Å². The van der Waals surface area contributed by atoms with E-state index in [0.717, 1.165) is 11.1 Å². The van der Waals surface area contributed by atoms with Crippen molar-refractivity contribution in [3.63, 3.8) is 0 Å². The van der Waals surface area contributed by atoms with Crippen molar-refractivity contribution in [3.8, 4) is 5.75 Å². The highest BCUT2D eigenvalue weighted by molar-refractivity contribution is 6.40. The quantitative estimate of drug-likeness (QED) is 0.103. The number of hydrogen-bond acceptors (Lipinski definition) is 6. The van der Waals surface area contributed by atoms with Gasteiger partial charge in [0.05, 0.1) is 23.0 Å². The normalized spacial score (nSPS) is 10.6. The van der Waals surface area contributed by atoms with E-state index in [1.54, 1.807) is 60.7 Å². The number of hydrogen-bond donors (Lipinski definition) is 3. The van der Waals surface area contributed by atoms with Crippen molar-refractivity contribution in [2.45, 2.75) is 13.8 Å². The highest BCUT2D eigenvalue weighted by atomic mass is 16.5. The number of hydrazone groups is 1. The molecule has 0 spiro atoms. The van der Waals surface area contributed by atoms with Crippen LogP contribution in [0.15, 0.2) is 102 Å². The van der Waals surface area contributed by atoms with Crippen molar-refractivity contribution in [1.29, 1.82) is 0 Å². The lowest BCUT2D eigenvalue weighted by molar-refractivity contribution is -0.136. The van der Waals surface area contributed by atoms with Gasteiger partial charge in [0.25, 0.3) is 5.91 Å². The van der Waals surface area contributed by atoms with Crippen LogP contribution in [0.4, 0.5) is 11.4 Å². The summed E-state index contributed by atoms with van der Waals surface area (Å²) in [6.07, 6.45) is 1.33. The minimum atomic E-state index is -1.02. The zero-order valence-corrected chi connectivity index (χ0v) is 21.8. The lowest BCUT2D eigenvalue weighted by Gasteiger charge is -2.11. The van der Waals surface area contributed by atoms with Crippen molar-refractivity contribution >= 4 is 41.3 Å². The van der Waals surface area contributed by atoms with Crippen LogP contribution in [0.1, 0.15) is 37.4 Å². The first-order valence-corrected chi connectivity index (χ1v) is 12.3. The summed E-state index contributed by atoms with van der Waals surface area (Å²) in [6.45, 7) is 3.84. The van der Waals surface area contributed by atoms with Gasteiger partial charge in [-0.1, -0.05) is 42.0 Å². The summed E-state index contributed by atoms with van der Waals surface area (Å²) in [6, 6.07) is 27.1. The van der Waals surface area contributed by atoms with Crippen molar-refractivity contribution in [3.05, 3.63) is 125 Å². The molecule has 200 valence electrons. The second-order valence-corrected chi connectivity index (χ2v) is 8.85. The van der Waals surface area contributed by atoms with Gasteiger partial charge in [0.2, 0.25) is 0 Å². The number of aryl methyl sites for hydroxylation is 2. The Morgan fingerprint density at radius 1 is 0.725 bits per heavy atom. The van der Waals surface area contributed by atoms with Gasteiger partial charge in [0.1, 0.15) is 5.75 Å². The number of para-hydroxylation sites is 1. The molecule has 9 nitrogen and oxygen atoms in total. The average Bonchev–Trinajstić information content (AvgIpc) is 2.94. The Hall–Kier alpha value is -5.57. The van der Waals surface area contributed by atoms with E-state index >= 15 is 0 Å². The molecular weight excluding hydrogens is 508 g/mol. The fourth-order valence-electron chi connectivity index (χ4n) is 3.58. The topological polar surface area (TPSA) is 126 Å². The number of nitrogens with one attached hydrogen (secondary N) is 3. The van der Waals surface area contributed by atoms with Crippen LogP contribution in [0, 0.1) is 13.8 Å². The van der Waals surface area contributed by atoms with Gasteiger partial charge in [-0.2, -0.15) is 5.10 Å². The zero-order chi connectivity index (χ0) is 28.5. The minimum Gasteiger partial charge on any atom is -0.423 e. The Morgan fingerprint density at radius 3 is 2.17 bits per heavy atom. The van der Waals surface area contributed by atoms with E-state index in [0.29, 0.717) is 22.6 Å². The fourth-order valence-corrected chi connectivity index (χ4v) is 3.58. The van der Waals surface area contributed by atoms with Crippen molar-refractivity contribution in [2.24, 2.45) is 5.10 Å². The van der Waals surface area contributed by atoms with E-state index in [4.69, 9.17) is 4.74 Å². The number of benzene rings is 4. The fraction of sp³-hybridized carbons (Fsp3) is 0.0645. The smallest absolute Gasteiger partial charge is 0.343 e. The van der Waals surface area contributed by atoms with Gasteiger partial charge in [-0.25, -0.2) is 10.2 Å². The third kappa shape index (κ3) is 7.48. The summed E-state index contributed by atoms with van der Waals surface area (Å²) in [5, 5.41) is 9.02. The molecule has 0 aliphatic rings. The highest BCUT2D eigenvalue weighted by Gasteiger charge is 2.18. The summed E-state index contributed by atoms with van der Waals surface area (Å²) in [5.41, 5.74) is 6.17. The third-order valence-corrected chi connectivity index (χ3v) is 5.66. The SMILES string of the molecule is Cc1ccc(C(=O)Oc2ccc(/C=N\NC(=O)C(=O)Nc3ccccc3C(=O)Nc3cccc(C)c3)cc2)cc1. The van der Waals surface area contributed by atoms with Gasteiger partial charge in [0, 0.05) is 5.69 Å². The van der Waals surface area contributed by atoms with Gasteiger partial charge in [-0.05, 0) is 85.6 Å². The highest BCUT2D eigenvalue weighted by Crippen LogP contribution is 2.18. The number of rotatable bonds is 7. The Kier molecular flexibility index (Phi) is 8.78. The Labute approximate surface area is 230 Å². The number of anilines is 2. The van der Waals surface area contributed by atoms with Crippen molar-refractivity contribution < 1.29 is 23.9 Å². The largest absolute Gasteiger partial charge is 0.423 e. The molecule has 0 saturated carbocycles. The number of nitrogens with zero attached hydrogens (tertiary/aromatic N) is 1. The maximum Gasteiger partial charge on any atom is 0.343 e. The molecule has 0 saturated heterocycles. The molecule has 0 aliphatic heterocycles. The van der Waals surface area contributed by atoms with Crippen molar-refractivity contribution in [2.75, 3.05) is 10.6 Å². The molecular formula is C31H26N4O5. The van der Waals surface area contributed by atoms with Gasteiger partial charge in [-0.3, -0.25) is 14.4 Å². The first-order chi connectivity index (χ1) is 19.3. The lowest BCUT2D eigenvalue weighted by Crippen LogP contribution is -2.33. The minimum absolute atomic E-state index is 0.174. The first kappa shape index (κ1) is 27.5. The van der Waals surface area contributed by atoms with Crippen molar-refractivity contribution in [1.82, 2.24) is 5.43 Å². The summed E-state index contributed by atoms with van der Waals surface area (Å²) < 4.78 is 5.36. The van der Waals surface area contributed by atoms with Crippen LogP contribution in [0.25, 0.3) is 0 Å². The standard InChI is InChI=1S/C31H26N4O5/c1-20-10-14-23(15-11-20)31(39)40-25-16-12-22(13-17-25)19-32-35-30(38)29(37)34-27-9-4-3-8-26(27)28(36)33-24-7-5-6-21(2)18-24/h3-19H,1-2H3,(H,33,36)(H,34,37)(H,35,38)/b32-19-. The molecule has 4 rings (SSSR count). The molecule has 3 amide bonds. The molecule has 0 heterocycles. The molecule has 4 aromatic rings. The summed E-state index contributed by atoms with van der Waals surface area (Å²) in [5.74, 6) is -2.59. The first-order valence-electron chi connectivity index (χ1n) is 12.3. The predicted molar refractivity (Wildman–Crippen MR) is 153 cm³/mol. The number of carbonyl (C=O) groups is 4.